The molecule has 0 atom stereocenters. The largest absolute Gasteiger partial charge is 0.351 e. The Hall–Kier alpha value is -3.17. The highest BCUT2D eigenvalue weighted by molar-refractivity contribution is 5.91. The molecule has 23 heavy (non-hydrogen) atoms. The van der Waals surface area contributed by atoms with Crippen LogP contribution in [0.25, 0.3) is 11.2 Å². The lowest BCUT2D eigenvalue weighted by molar-refractivity contribution is 0.0913. The fourth-order valence-electron chi connectivity index (χ4n) is 2.18. The molecule has 0 aliphatic heterocycles. The molecule has 0 unspecified atom stereocenters. The number of hydrogen-bond donors (Lipinski definition) is 2. The van der Waals surface area contributed by atoms with Gasteiger partial charge in [-0.05, 0) is 6.92 Å². The van der Waals surface area contributed by atoms with Gasteiger partial charge in [0.25, 0.3) is 11.5 Å². The van der Waals surface area contributed by atoms with Crippen molar-refractivity contribution in [1.29, 1.82) is 0 Å². The standard InChI is InChI=1S/C13H14N6O4/c1-6-4-7(23-17-6)11(20)14-5-8-15-9-10(16-8)18(2)13(22)19(3)12(9)21/h4H,5H2,1-3H3,(H,14,20)(H,15,16). The molecular weight excluding hydrogens is 304 g/mol. The maximum absolute atomic E-state index is 12.0. The first kappa shape index (κ1) is 14.8. The Morgan fingerprint density at radius 3 is 2.74 bits per heavy atom. The van der Waals surface area contributed by atoms with Crippen molar-refractivity contribution in [2.45, 2.75) is 13.5 Å². The van der Waals surface area contributed by atoms with Gasteiger partial charge in [0.2, 0.25) is 5.76 Å². The van der Waals surface area contributed by atoms with E-state index in [9.17, 15) is 14.4 Å². The van der Waals surface area contributed by atoms with E-state index in [0.717, 1.165) is 4.57 Å². The minimum absolute atomic E-state index is 0.0462. The number of fused-ring (bicyclic) bond motifs is 1. The molecule has 2 N–H and O–H groups in total. The average molecular weight is 318 g/mol. The predicted molar refractivity (Wildman–Crippen MR) is 79.0 cm³/mol. The van der Waals surface area contributed by atoms with E-state index in [1.165, 1.54) is 24.7 Å². The minimum Gasteiger partial charge on any atom is -0.351 e. The van der Waals surface area contributed by atoms with Crippen LogP contribution in [0.2, 0.25) is 0 Å². The molecule has 1 amide bonds. The minimum atomic E-state index is -0.473. The summed E-state index contributed by atoms with van der Waals surface area (Å²) >= 11 is 0. The van der Waals surface area contributed by atoms with Crippen molar-refractivity contribution in [3.05, 3.63) is 44.2 Å². The molecule has 0 spiro atoms. The van der Waals surface area contributed by atoms with Crippen LogP contribution in [0.1, 0.15) is 22.1 Å². The zero-order chi connectivity index (χ0) is 16.7. The second-order valence-electron chi connectivity index (χ2n) is 5.10. The average Bonchev–Trinajstić information content (AvgIpc) is 3.15. The topological polar surface area (TPSA) is 128 Å². The number of amides is 1. The van der Waals surface area contributed by atoms with E-state index < -0.39 is 17.2 Å². The summed E-state index contributed by atoms with van der Waals surface area (Å²) in [6, 6.07) is 1.51. The lowest BCUT2D eigenvalue weighted by Gasteiger charge is -2.00. The van der Waals surface area contributed by atoms with Gasteiger partial charge in [0.05, 0.1) is 12.2 Å². The third kappa shape index (κ3) is 2.43. The molecule has 3 heterocycles. The quantitative estimate of drug-likeness (QED) is 0.650. The number of aromatic nitrogens is 5. The van der Waals surface area contributed by atoms with Crippen LogP contribution in [0.5, 0.6) is 0 Å². The van der Waals surface area contributed by atoms with Crippen molar-refractivity contribution in [2.75, 3.05) is 0 Å². The van der Waals surface area contributed by atoms with Gasteiger partial charge in [-0.3, -0.25) is 18.7 Å². The maximum Gasteiger partial charge on any atom is 0.332 e. The molecule has 3 rings (SSSR count). The van der Waals surface area contributed by atoms with Crippen LogP contribution >= 0.6 is 0 Å². The van der Waals surface area contributed by atoms with Crippen molar-refractivity contribution >= 4 is 17.1 Å². The van der Waals surface area contributed by atoms with Gasteiger partial charge in [0.15, 0.2) is 5.65 Å². The molecule has 120 valence electrons. The van der Waals surface area contributed by atoms with Crippen molar-refractivity contribution in [3.63, 3.8) is 0 Å². The summed E-state index contributed by atoms with van der Waals surface area (Å²) in [5.74, 6) is -0.0161. The summed E-state index contributed by atoms with van der Waals surface area (Å²) in [5.41, 5.74) is 0.0883. The van der Waals surface area contributed by atoms with E-state index in [0.29, 0.717) is 11.5 Å². The highest BCUT2D eigenvalue weighted by atomic mass is 16.5. The number of rotatable bonds is 3. The van der Waals surface area contributed by atoms with E-state index in [2.05, 4.69) is 20.4 Å². The number of nitrogens with one attached hydrogen (secondary N) is 2. The van der Waals surface area contributed by atoms with Gasteiger partial charge >= 0.3 is 5.69 Å². The van der Waals surface area contributed by atoms with Crippen LogP contribution in [0, 0.1) is 6.92 Å². The van der Waals surface area contributed by atoms with Gasteiger partial charge in [0, 0.05) is 20.2 Å². The molecule has 0 saturated heterocycles. The second-order valence-corrected chi connectivity index (χ2v) is 5.10. The predicted octanol–water partition coefficient (Wildman–Crippen LogP) is -0.813. The van der Waals surface area contributed by atoms with Crippen molar-refractivity contribution in [1.82, 2.24) is 29.6 Å². The first-order valence-corrected chi connectivity index (χ1v) is 6.74. The Morgan fingerprint density at radius 1 is 1.35 bits per heavy atom. The Kier molecular flexibility index (Phi) is 3.36. The maximum atomic E-state index is 12.0. The van der Waals surface area contributed by atoms with Crippen LogP contribution in [0.4, 0.5) is 0 Å². The van der Waals surface area contributed by atoms with Crippen molar-refractivity contribution in [2.24, 2.45) is 14.1 Å². The number of nitrogens with zero attached hydrogens (tertiary/aromatic N) is 4. The second kappa shape index (κ2) is 5.23. The zero-order valence-corrected chi connectivity index (χ0v) is 12.7. The van der Waals surface area contributed by atoms with Crippen molar-refractivity contribution < 1.29 is 9.32 Å². The number of hydrogen-bond acceptors (Lipinski definition) is 6. The molecule has 0 fully saturated rings. The Bertz CT molecular complexity index is 1020. The van der Waals surface area contributed by atoms with Gasteiger partial charge in [-0.15, -0.1) is 0 Å². The number of carbonyl (C=O) groups is 1. The highest BCUT2D eigenvalue weighted by Gasteiger charge is 2.15. The Labute approximate surface area is 128 Å². The van der Waals surface area contributed by atoms with Crippen LogP contribution in [-0.4, -0.2) is 30.2 Å². The van der Waals surface area contributed by atoms with Gasteiger partial charge in [-0.1, -0.05) is 5.16 Å². The summed E-state index contributed by atoms with van der Waals surface area (Å²) in [6.45, 7) is 1.75. The molecule has 0 bridgehead atoms. The van der Waals surface area contributed by atoms with Gasteiger partial charge in [-0.25, -0.2) is 9.78 Å². The van der Waals surface area contributed by atoms with E-state index in [1.54, 1.807) is 6.92 Å². The molecule has 10 heteroatoms. The van der Waals surface area contributed by atoms with Gasteiger partial charge in [-0.2, -0.15) is 0 Å². The molecule has 0 aliphatic carbocycles. The van der Waals surface area contributed by atoms with E-state index >= 15 is 0 Å². The fraction of sp³-hybridized carbons (Fsp3) is 0.308. The first-order chi connectivity index (χ1) is 10.9. The lowest BCUT2D eigenvalue weighted by atomic mass is 10.3. The lowest BCUT2D eigenvalue weighted by Crippen LogP contribution is -2.36. The number of aryl methyl sites for hydroxylation is 2. The highest BCUT2D eigenvalue weighted by Crippen LogP contribution is 2.05. The smallest absolute Gasteiger partial charge is 0.332 e. The SMILES string of the molecule is Cc1cc(C(=O)NCc2nc3c([nH]2)c(=O)n(C)c(=O)n3C)on1. The van der Waals surface area contributed by atoms with Crippen LogP contribution < -0.4 is 16.6 Å². The summed E-state index contributed by atoms with van der Waals surface area (Å²) in [4.78, 5) is 42.8. The van der Waals surface area contributed by atoms with E-state index in [-0.39, 0.29) is 23.5 Å². The number of H-pyrrole nitrogens is 1. The van der Waals surface area contributed by atoms with Gasteiger partial charge < -0.3 is 14.8 Å². The third-order valence-corrected chi connectivity index (χ3v) is 3.41. The third-order valence-electron chi connectivity index (χ3n) is 3.41. The van der Waals surface area contributed by atoms with Crippen LogP contribution in [-0.2, 0) is 20.6 Å². The monoisotopic (exact) mass is 318 g/mol. The Morgan fingerprint density at radius 2 is 2.09 bits per heavy atom. The number of aromatic amines is 1. The molecule has 3 aromatic heterocycles. The van der Waals surface area contributed by atoms with Crippen molar-refractivity contribution in [3.8, 4) is 0 Å². The van der Waals surface area contributed by atoms with Crippen LogP contribution in [0.3, 0.4) is 0 Å². The van der Waals surface area contributed by atoms with Crippen LogP contribution in [0.15, 0.2) is 20.2 Å². The zero-order valence-electron chi connectivity index (χ0n) is 12.7. The first-order valence-electron chi connectivity index (χ1n) is 6.74. The molecule has 0 aliphatic rings. The molecule has 0 radical (unpaired) electrons. The Balaban J connectivity index is 1.89. The fourth-order valence-corrected chi connectivity index (χ4v) is 2.18. The number of imidazole rings is 1. The summed E-state index contributed by atoms with van der Waals surface area (Å²) < 4.78 is 7.10. The normalized spacial score (nSPS) is 11.1. The summed E-state index contributed by atoms with van der Waals surface area (Å²) in [7, 11) is 2.91. The summed E-state index contributed by atoms with van der Waals surface area (Å²) in [5, 5.41) is 6.22. The molecule has 3 aromatic rings. The summed E-state index contributed by atoms with van der Waals surface area (Å²) in [6.07, 6.45) is 0. The molecule has 0 saturated carbocycles. The number of carbonyl (C=O) groups excluding carboxylic acids is 1. The van der Waals surface area contributed by atoms with Gasteiger partial charge in [0.1, 0.15) is 11.3 Å². The van der Waals surface area contributed by atoms with E-state index in [1.807, 2.05) is 0 Å². The molecular formula is C13H14N6O4. The molecule has 10 nitrogen and oxygen atoms in total. The van der Waals surface area contributed by atoms with E-state index in [4.69, 9.17) is 4.52 Å². The molecule has 0 aromatic carbocycles.